The molecule has 0 N–H and O–H groups in total. The Kier molecular flexibility index (Phi) is 4.44. The smallest absolute Gasteiger partial charge is 0.345 e. The molecule has 0 saturated heterocycles. The lowest BCUT2D eigenvalue weighted by atomic mass is 9.84. The number of fused-ring (bicyclic) bond motifs is 1. The molecule has 1 aliphatic carbocycles. The highest BCUT2D eigenvalue weighted by Crippen LogP contribution is 2.35. The number of para-hydroxylation sites is 1. The molecule has 4 rings (SSSR count). The third-order valence-electron chi connectivity index (χ3n) is 4.87. The molecule has 1 atom stereocenters. The molecular weight excluding hydrogens is 344 g/mol. The molecule has 1 aromatic carbocycles. The maximum absolute atomic E-state index is 12.3. The highest BCUT2D eigenvalue weighted by atomic mass is 32.1. The Morgan fingerprint density at radius 2 is 2.23 bits per heavy atom. The maximum atomic E-state index is 12.3. The number of aromatic nitrogens is 1. The van der Waals surface area contributed by atoms with Crippen LogP contribution >= 0.6 is 11.3 Å². The lowest BCUT2D eigenvalue weighted by molar-refractivity contribution is 0.454. The highest BCUT2D eigenvalue weighted by molar-refractivity contribution is 7.11. The largest absolute Gasteiger partial charge is 0.422 e. The summed E-state index contributed by atoms with van der Waals surface area (Å²) in [6.07, 6.45) is 4.24. The lowest BCUT2D eigenvalue weighted by Gasteiger charge is -2.21. The van der Waals surface area contributed by atoms with Gasteiger partial charge in [-0.05, 0) is 42.9 Å². The van der Waals surface area contributed by atoms with E-state index in [9.17, 15) is 10.1 Å². The second-order valence-electron chi connectivity index (χ2n) is 6.82. The first-order chi connectivity index (χ1) is 12.7. The number of nitrogens with zero attached hydrogens (tertiary/aromatic N) is 2. The van der Waals surface area contributed by atoms with Crippen molar-refractivity contribution < 1.29 is 4.42 Å². The van der Waals surface area contributed by atoms with Gasteiger partial charge in [-0.1, -0.05) is 31.5 Å². The van der Waals surface area contributed by atoms with Crippen LogP contribution < -0.4 is 5.63 Å². The van der Waals surface area contributed by atoms with Crippen LogP contribution in [-0.4, -0.2) is 4.98 Å². The van der Waals surface area contributed by atoms with Gasteiger partial charge in [0.05, 0.1) is 16.8 Å². The van der Waals surface area contributed by atoms with Gasteiger partial charge in [0.25, 0.3) is 0 Å². The van der Waals surface area contributed by atoms with Crippen LogP contribution in [0.5, 0.6) is 0 Å². The number of benzene rings is 1. The molecule has 4 nitrogen and oxygen atoms in total. The standard InChI is InChI=1S/C21H18N2O2S/c1-13-5-4-7-14(9-13)17(11-22)20-23-18(12-26-20)16-10-15-6-2-3-8-19(15)25-21(16)24/h2-3,6,8,10,12-13H,4-5,7,9H2,1H3/b17-14-/t13-/m1/s1. The highest BCUT2D eigenvalue weighted by Gasteiger charge is 2.20. The van der Waals surface area contributed by atoms with Crippen molar-refractivity contribution >= 4 is 27.9 Å². The van der Waals surface area contributed by atoms with Crippen molar-refractivity contribution in [3.63, 3.8) is 0 Å². The second-order valence-corrected chi connectivity index (χ2v) is 7.67. The average Bonchev–Trinajstić information content (AvgIpc) is 3.11. The van der Waals surface area contributed by atoms with Gasteiger partial charge >= 0.3 is 5.63 Å². The number of nitriles is 1. The Bertz CT molecular complexity index is 1100. The van der Waals surface area contributed by atoms with Crippen LogP contribution in [0.25, 0.3) is 27.8 Å². The van der Waals surface area contributed by atoms with E-state index in [1.165, 1.54) is 23.3 Å². The average molecular weight is 362 g/mol. The van der Waals surface area contributed by atoms with Gasteiger partial charge in [0, 0.05) is 10.8 Å². The van der Waals surface area contributed by atoms with Crippen LogP contribution in [0.4, 0.5) is 0 Å². The number of hydrogen-bond acceptors (Lipinski definition) is 5. The molecule has 130 valence electrons. The van der Waals surface area contributed by atoms with Gasteiger partial charge in [0.15, 0.2) is 0 Å². The van der Waals surface area contributed by atoms with Crippen LogP contribution in [-0.2, 0) is 0 Å². The Morgan fingerprint density at radius 3 is 3.04 bits per heavy atom. The van der Waals surface area contributed by atoms with Crippen molar-refractivity contribution in [1.29, 1.82) is 5.26 Å². The van der Waals surface area contributed by atoms with Crippen molar-refractivity contribution in [2.45, 2.75) is 32.6 Å². The first-order valence-corrected chi connectivity index (χ1v) is 9.65. The molecule has 0 amide bonds. The summed E-state index contributed by atoms with van der Waals surface area (Å²) in [5.74, 6) is 0.606. The number of thiazole rings is 1. The van der Waals surface area contributed by atoms with E-state index in [1.807, 2.05) is 29.6 Å². The van der Waals surface area contributed by atoms with E-state index in [0.717, 1.165) is 24.6 Å². The fourth-order valence-corrected chi connectivity index (χ4v) is 4.41. The van der Waals surface area contributed by atoms with E-state index in [-0.39, 0.29) is 0 Å². The van der Waals surface area contributed by atoms with Crippen LogP contribution in [0, 0.1) is 17.2 Å². The Labute approximate surface area is 155 Å². The summed E-state index contributed by atoms with van der Waals surface area (Å²) in [6, 6.07) is 11.6. The van der Waals surface area contributed by atoms with Gasteiger partial charge in [-0.2, -0.15) is 5.26 Å². The molecule has 3 aromatic rings. The molecule has 5 heteroatoms. The Balaban J connectivity index is 1.77. The van der Waals surface area contributed by atoms with Crippen molar-refractivity contribution in [2.75, 3.05) is 0 Å². The van der Waals surface area contributed by atoms with Crippen LogP contribution in [0.2, 0.25) is 0 Å². The van der Waals surface area contributed by atoms with Gasteiger partial charge < -0.3 is 4.42 Å². The molecular formula is C21H18N2O2S. The zero-order valence-electron chi connectivity index (χ0n) is 14.5. The van der Waals surface area contributed by atoms with Gasteiger partial charge in [-0.3, -0.25) is 0 Å². The summed E-state index contributed by atoms with van der Waals surface area (Å²) in [6.45, 7) is 2.22. The Hall–Kier alpha value is -2.71. The molecule has 0 radical (unpaired) electrons. The van der Waals surface area contributed by atoms with E-state index in [1.54, 1.807) is 6.07 Å². The fourth-order valence-electron chi connectivity index (χ4n) is 3.55. The molecule has 0 unspecified atom stereocenters. The van der Waals surface area contributed by atoms with Crippen molar-refractivity contribution in [1.82, 2.24) is 4.98 Å². The fraction of sp³-hybridized carbons (Fsp3) is 0.286. The lowest BCUT2D eigenvalue weighted by Crippen LogP contribution is -2.06. The number of allylic oxidation sites excluding steroid dienone is 2. The van der Waals surface area contributed by atoms with Crippen molar-refractivity contribution in [2.24, 2.45) is 5.92 Å². The topological polar surface area (TPSA) is 66.9 Å². The van der Waals surface area contributed by atoms with Crippen LogP contribution in [0.3, 0.4) is 0 Å². The van der Waals surface area contributed by atoms with E-state index in [4.69, 9.17) is 4.42 Å². The van der Waals surface area contributed by atoms with Gasteiger partial charge in [0.2, 0.25) is 0 Å². The summed E-state index contributed by atoms with van der Waals surface area (Å²) >= 11 is 1.41. The predicted octanol–water partition coefficient (Wildman–Crippen LogP) is 5.40. The zero-order chi connectivity index (χ0) is 18.1. The summed E-state index contributed by atoms with van der Waals surface area (Å²) in [5.41, 5.74) is 3.04. The molecule has 0 aliphatic heterocycles. The minimum Gasteiger partial charge on any atom is -0.422 e. The first kappa shape index (κ1) is 16.7. The summed E-state index contributed by atoms with van der Waals surface area (Å²) in [5, 5.41) is 13.1. The summed E-state index contributed by atoms with van der Waals surface area (Å²) < 4.78 is 5.41. The van der Waals surface area contributed by atoms with Gasteiger partial charge in [-0.15, -0.1) is 11.3 Å². The number of rotatable bonds is 2. The first-order valence-electron chi connectivity index (χ1n) is 8.77. The van der Waals surface area contributed by atoms with Crippen molar-refractivity contribution in [3.05, 3.63) is 56.7 Å². The van der Waals surface area contributed by atoms with E-state index in [2.05, 4.69) is 18.0 Å². The zero-order valence-corrected chi connectivity index (χ0v) is 15.3. The molecule has 26 heavy (non-hydrogen) atoms. The van der Waals surface area contributed by atoms with Gasteiger partial charge in [-0.25, -0.2) is 9.78 Å². The van der Waals surface area contributed by atoms with Crippen molar-refractivity contribution in [3.8, 4) is 17.3 Å². The van der Waals surface area contributed by atoms with Gasteiger partial charge in [0.1, 0.15) is 16.7 Å². The predicted molar refractivity (Wildman–Crippen MR) is 104 cm³/mol. The van der Waals surface area contributed by atoms with E-state index in [0.29, 0.717) is 33.3 Å². The second kappa shape index (κ2) is 6.89. The summed E-state index contributed by atoms with van der Waals surface area (Å²) in [7, 11) is 0. The summed E-state index contributed by atoms with van der Waals surface area (Å²) in [4.78, 5) is 16.9. The SMILES string of the molecule is C[C@@H]1CCC/C(=C(\C#N)c2nc(-c3cc4ccccc4oc3=O)cs2)C1. The van der Waals surface area contributed by atoms with E-state index < -0.39 is 5.63 Å². The quantitative estimate of drug-likeness (QED) is 0.452. The third-order valence-corrected chi connectivity index (χ3v) is 5.73. The molecule has 1 fully saturated rings. The third kappa shape index (κ3) is 3.09. The normalized spacial score (nSPS) is 19.3. The van der Waals surface area contributed by atoms with E-state index >= 15 is 0 Å². The monoisotopic (exact) mass is 362 g/mol. The molecule has 2 aromatic heterocycles. The minimum absolute atomic E-state index is 0.405. The van der Waals surface area contributed by atoms with Crippen LogP contribution in [0.1, 0.15) is 37.6 Å². The Morgan fingerprint density at radius 1 is 1.38 bits per heavy atom. The number of hydrogen-bond donors (Lipinski definition) is 0. The molecule has 1 aliphatic rings. The maximum Gasteiger partial charge on any atom is 0.345 e. The molecule has 2 heterocycles. The molecule has 0 spiro atoms. The minimum atomic E-state index is -0.405. The molecule has 0 bridgehead atoms. The van der Waals surface area contributed by atoms with Crippen LogP contribution in [0.15, 0.2) is 50.5 Å². The molecule has 1 saturated carbocycles.